The summed E-state index contributed by atoms with van der Waals surface area (Å²) in [5.74, 6) is 0. The lowest BCUT2D eigenvalue weighted by Gasteiger charge is -2.42. The van der Waals surface area contributed by atoms with Crippen LogP contribution in [0.1, 0.15) is 0 Å². The summed E-state index contributed by atoms with van der Waals surface area (Å²) in [6, 6.07) is 0. The number of hydrogen-bond donors (Lipinski definition) is 1. The Morgan fingerprint density at radius 3 is 2.25 bits per heavy atom. The molecule has 0 atom stereocenters. The van der Waals surface area contributed by atoms with Gasteiger partial charge in [0.2, 0.25) is 0 Å². The summed E-state index contributed by atoms with van der Waals surface area (Å²) in [6.45, 7) is -0.384. The molecule has 0 saturated heterocycles. The van der Waals surface area contributed by atoms with Crippen LogP contribution < -0.4 is 3.43 Å². The van der Waals surface area contributed by atoms with Crippen LogP contribution in [-0.2, 0) is 0 Å². The van der Waals surface area contributed by atoms with Crippen molar-refractivity contribution in [3.05, 3.63) is 0 Å². The summed E-state index contributed by atoms with van der Waals surface area (Å²) in [7, 11) is 16.9. The van der Waals surface area contributed by atoms with E-state index in [1.165, 1.54) is 7.06 Å². The Labute approximate surface area is 71.0 Å². The lowest BCUT2D eigenvalue weighted by atomic mass is 8.86. The van der Waals surface area contributed by atoms with Crippen molar-refractivity contribution in [2.24, 2.45) is 0 Å². The van der Waals surface area contributed by atoms with Crippen LogP contribution in [0.4, 0.5) is 0 Å². The Morgan fingerprint density at radius 1 is 1.75 bits per heavy atom. The third kappa shape index (κ3) is 3.17. The van der Waals surface area contributed by atoms with Gasteiger partial charge in [0.1, 0.15) is 1.41 Å². The molecule has 0 aliphatic rings. The highest BCUT2D eigenvalue weighted by molar-refractivity contribution is 14.1. The molecular formula is HB6IN-3. The van der Waals surface area contributed by atoms with Gasteiger partial charge in [-0.05, 0) is 0 Å². The van der Waals surface area contributed by atoms with E-state index in [2.05, 4.69) is 0 Å². The zero-order chi connectivity index (χ0) is 7.44. The highest BCUT2D eigenvalue weighted by atomic mass is 127. The number of rotatable bonds is 3. The van der Waals surface area contributed by atoms with E-state index in [1.54, 1.807) is 22.9 Å². The Morgan fingerprint density at radius 2 is 2.25 bits per heavy atom. The maximum atomic E-state index is 7.01. The second-order valence-electron chi connectivity index (χ2n) is 1.36. The number of hydrogen-bond acceptors (Lipinski definition) is 1. The zero-order valence-electron chi connectivity index (χ0n) is 5.29. The summed E-state index contributed by atoms with van der Waals surface area (Å²) in [6.07, 6.45) is -0.593. The van der Waals surface area contributed by atoms with Gasteiger partial charge in [-0.15, -0.1) is 0 Å². The fourth-order valence-corrected chi connectivity index (χ4v) is 0.783. The Kier molecular flexibility index (Phi) is 4.41. The minimum absolute atomic E-state index is 0.384. The molecule has 0 unspecified atom stereocenters. The predicted molar refractivity (Wildman–Crippen MR) is 51.7 cm³/mol. The first-order valence-corrected chi connectivity index (χ1v) is 3.06. The standard InChI is InChI=1S/B6HIN/c1-4-6(8-7)5(2)3/h8H/q-3/i/hT. The minimum atomic E-state index is -0.593. The summed E-state index contributed by atoms with van der Waals surface area (Å²) >= 11 is 1.75. The van der Waals surface area contributed by atoms with E-state index in [0.29, 0.717) is 0 Å². The first kappa shape index (κ1) is 7.19. The van der Waals surface area contributed by atoms with Crippen LogP contribution in [0.15, 0.2) is 0 Å². The molecule has 0 aliphatic heterocycles. The molecule has 0 amide bonds. The van der Waals surface area contributed by atoms with Crippen LogP contribution in [0.25, 0.3) is 0 Å². The predicted octanol–water partition coefficient (Wildman–Crippen LogP) is -1.89. The second kappa shape index (κ2) is 4.91. The second-order valence-corrected chi connectivity index (χ2v) is 1.92. The Balaban J connectivity index is 3.68. The van der Waals surface area contributed by atoms with Gasteiger partial charge in [0.15, 0.2) is 0 Å². The van der Waals surface area contributed by atoms with E-state index in [0.717, 1.165) is 3.43 Å². The fourth-order valence-electron chi connectivity index (χ4n) is 0.226. The molecule has 8 heavy (non-hydrogen) atoms. The molecule has 0 rings (SSSR count). The molecule has 10 radical (unpaired) electrons. The third-order valence-electron chi connectivity index (χ3n) is 0.704. The minimum Gasteiger partial charge on any atom is -0.727 e. The van der Waals surface area contributed by atoms with Gasteiger partial charge in [-0.1, -0.05) is 0 Å². The van der Waals surface area contributed by atoms with E-state index in [9.17, 15) is 0 Å². The average molecular weight is 209 g/mol. The van der Waals surface area contributed by atoms with Crippen molar-refractivity contribution in [1.29, 1.82) is 0 Å². The maximum absolute atomic E-state index is 7.01. The summed E-state index contributed by atoms with van der Waals surface area (Å²) < 4.78 is 8.10. The van der Waals surface area contributed by atoms with E-state index >= 15 is 0 Å². The van der Waals surface area contributed by atoms with Gasteiger partial charge in [-0.2, -0.15) is 0 Å². The van der Waals surface area contributed by atoms with Gasteiger partial charge >= 0.3 is 0 Å². The lowest BCUT2D eigenvalue weighted by Crippen LogP contribution is -2.50. The van der Waals surface area contributed by atoms with Gasteiger partial charge in [-0.3, -0.25) is 0 Å². The van der Waals surface area contributed by atoms with Crippen LogP contribution >= 0.6 is 22.9 Å². The molecule has 8 heteroatoms. The van der Waals surface area contributed by atoms with Crippen molar-refractivity contribution in [3.8, 4) is 0 Å². The van der Waals surface area contributed by atoms with Gasteiger partial charge < -0.3 is 33.0 Å². The largest absolute Gasteiger partial charge is 0.727 e. The van der Waals surface area contributed by atoms with Crippen molar-refractivity contribution in [3.63, 3.8) is 0 Å². The fraction of sp³-hybridized carbons (Fsp3) is 0. The maximum Gasteiger partial charge on any atom is 0.117 e. The van der Waals surface area contributed by atoms with E-state index in [-0.39, 0.29) is 6.63 Å². The quantitative estimate of drug-likeness (QED) is 0.325. The number of nitrogens with one attached hydrogen (secondary N) is 1. The molecule has 0 aromatic heterocycles. The molecular weight excluding hydrogens is 206 g/mol. The average Bonchev–Trinajstić information content (AvgIpc) is 1.64. The molecule has 34 valence electrons. The van der Waals surface area contributed by atoms with E-state index < -0.39 is 6.39 Å². The lowest BCUT2D eigenvalue weighted by molar-refractivity contribution is 1.80. The van der Waals surface area contributed by atoms with Crippen molar-refractivity contribution >= 4 is 66.2 Å². The van der Waals surface area contributed by atoms with Crippen molar-refractivity contribution in [2.45, 2.75) is 0 Å². The van der Waals surface area contributed by atoms with Crippen LogP contribution in [0.2, 0.25) is 1.41 Å². The summed E-state index contributed by atoms with van der Waals surface area (Å²) in [5, 5.41) is 0. The van der Waals surface area contributed by atoms with Crippen molar-refractivity contribution in [2.75, 3.05) is 0 Å². The molecule has 0 fully saturated rings. The van der Waals surface area contributed by atoms with Gasteiger partial charge in [0.05, 0.1) is 0 Å². The van der Waals surface area contributed by atoms with Crippen LogP contribution in [0.5, 0.6) is 0 Å². The third-order valence-corrected chi connectivity index (χ3v) is 1.35. The Bertz CT molecular complexity index is 67.5. The van der Waals surface area contributed by atoms with Gasteiger partial charge in [0, 0.05) is 29.5 Å². The normalized spacial score (nSPS) is 10.9. The zero-order valence-corrected chi connectivity index (χ0v) is 6.45. The van der Waals surface area contributed by atoms with Crippen LogP contribution in [0.3, 0.4) is 0 Å². The van der Waals surface area contributed by atoms with E-state index in [1.807, 2.05) is 0 Å². The topological polar surface area (TPSA) is 12.0 Å². The molecule has 1 N–H and O–H groups in total. The first-order valence-electron chi connectivity index (χ1n) is 2.54. The summed E-state index contributed by atoms with van der Waals surface area (Å²) in [4.78, 5) is 0. The van der Waals surface area contributed by atoms with Gasteiger partial charge in [0.25, 0.3) is 0 Å². The molecule has 0 saturated carbocycles. The highest BCUT2D eigenvalue weighted by Crippen LogP contribution is 1.77. The smallest absolute Gasteiger partial charge is 0.117 e. The molecule has 0 aromatic carbocycles. The molecule has 1 nitrogen and oxygen atoms in total. The van der Waals surface area contributed by atoms with Crippen molar-refractivity contribution in [1.82, 2.24) is 3.43 Å². The summed E-state index contributed by atoms with van der Waals surface area (Å²) in [5.41, 5.74) is 0. The van der Waals surface area contributed by atoms with Crippen LogP contribution in [-0.4, -0.2) is 43.3 Å². The van der Waals surface area contributed by atoms with Gasteiger partial charge in [-0.25, -0.2) is 7.06 Å². The molecule has 0 heterocycles. The SMILES string of the molecule is [3H]N(I)B([B][B-])B([B-])[B-]. The molecule has 0 aliphatic carbocycles. The first-order chi connectivity index (χ1) is 4.09. The Hall–Kier alpha value is 1.08. The number of halogens is 1. The molecule has 0 bridgehead atoms. The van der Waals surface area contributed by atoms with Crippen LogP contribution in [0, 0.1) is 0 Å². The molecule has 0 spiro atoms. The van der Waals surface area contributed by atoms with E-state index in [4.69, 9.17) is 24.6 Å². The monoisotopic (exact) mass is 210 g/mol. The van der Waals surface area contributed by atoms with Crippen molar-refractivity contribution < 1.29 is 1.41 Å². The molecule has 0 aromatic rings. The highest BCUT2D eigenvalue weighted by Gasteiger charge is 1.87.